The zero-order chi connectivity index (χ0) is 34.1. The van der Waals surface area contributed by atoms with Crippen LogP contribution in [0.5, 0.6) is 0 Å². The molecule has 0 unspecified atom stereocenters. The molecule has 242 valence electrons. The van der Waals surface area contributed by atoms with Crippen molar-refractivity contribution in [3.05, 3.63) is 193 Å². The summed E-state index contributed by atoms with van der Waals surface area (Å²) in [5.41, 5.74) is 14.8. The lowest BCUT2D eigenvalue weighted by Crippen LogP contribution is -2.16. The molecule has 0 bridgehead atoms. The molecule has 0 saturated carbocycles. The second-order valence-electron chi connectivity index (χ2n) is 14.2. The Morgan fingerprint density at radius 3 is 1.94 bits per heavy atom. The van der Waals surface area contributed by atoms with Crippen molar-refractivity contribution < 1.29 is 0 Å². The van der Waals surface area contributed by atoms with Crippen LogP contribution in [-0.2, 0) is 5.41 Å². The van der Waals surface area contributed by atoms with Crippen LogP contribution in [0.2, 0.25) is 0 Å². The van der Waals surface area contributed by atoms with Gasteiger partial charge in [-0.2, -0.15) is 0 Å². The average Bonchev–Trinajstić information content (AvgIpc) is 3.65. The second kappa shape index (κ2) is 11.3. The van der Waals surface area contributed by atoms with E-state index in [1.54, 1.807) is 0 Å². The predicted octanol–water partition coefficient (Wildman–Crippen LogP) is 13.4. The van der Waals surface area contributed by atoms with Crippen molar-refractivity contribution in [2.45, 2.75) is 19.3 Å². The number of hydrogen-bond acceptors (Lipinski definition) is 1. The summed E-state index contributed by atoms with van der Waals surface area (Å²) < 4.78 is 2.40. The van der Waals surface area contributed by atoms with Gasteiger partial charge in [-0.05, 0) is 99.3 Å². The Kier molecular flexibility index (Phi) is 6.56. The summed E-state index contributed by atoms with van der Waals surface area (Å²) in [6.07, 6.45) is 0. The van der Waals surface area contributed by atoms with E-state index in [4.69, 9.17) is 0 Å². The normalized spacial score (nSPS) is 13.1. The molecule has 0 saturated heterocycles. The highest BCUT2D eigenvalue weighted by Crippen LogP contribution is 2.54. The fraction of sp³-hybridized carbons (Fsp3) is 0.0612. The van der Waals surface area contributed by atoms with Gasteiger partial charge in [0.1, 0.15) is 0 Å². The lowest BCUT2D eigenvalue weighted by Gasteiger charge is -2.29. The highest BCUT2D eigenvalue weighted by Gasteiger charge is 2.37. The first-order chi connectivity index (χ1) is 25.1. The standard InChI is InChI=1S/C49H36N2/c1-49(2)42-21-12-11-20-40(42)48-43(49)22-13-23-45(48)50(36-15-5-3-6-16-36)38-28-24-33(25-29-38)35-27-30-44-41(32-35)47-39-19-10-9-14-34(39)26-31-46(47)51(44)37-17-7-4-8-18-37/h3-32H,1-2H3. The fourth-order valence-corrected chi connectivity index (χ4v) is 8.55. The van der Waals surface area contributed by atoms with Crippen LogP contribution in [0.1, 0.15) is 25.0 Å². The van der Waals surface area contributed by atoms with Crippen LogP contribution in [0, 0.1) is 0 Å². The van der Waals surface area contributed by atoms with Crippen molar-refractivity contribution in [2.24, 2.45) is 0 Å². The zero-order valence-corrected chi connectivity index (χ0v) is 28.7. The third kappa shape index (κ3) is 4.50. The number of para-hydroxylation sites is 2. The fourth-order valence-electron chi connectivity index (χ4n) is 8.55. The SMILES string of the molecule is CC1(C)c2ccccc2-c2c(N(c3ccccc3)c3ccc(-c4ccc5c(c4)c4c6ccccc6ccc4n5-c4ccccc4)cc3)cccc21. The van der Waals surface area contributed by atoms with Gasteiger partial charge in [-0.1, -0.05) is 135 Å². The van der Waals surface area contributed by atoms with Gasteiger partial charge in [0.25, 0.3) is 0 Å². The van der Waals surface area contributed by atoms with Crippen LogP contribution < -0.4 is 4.90 Å². The summed E-state index contributed by atoms with van der Waals surface area (Å²) in [6.45, 7) is 4.69. The molecule has 0 atom stereocenters. The third-order valence-electron chi connectivity index (χ3n) is 11.0. The molecule has 1 heterocycles. The van der Waals surface area contributed by atoms with E-state index in [0.29, 0.717) is 0 Å². The van der Waals surface area contributed by atoms with E-state index < -0.39 is 0 Å². The second-order valence-corrected chi connectivity index (χ2v) is 14.2. The predicted molar refractivity (Wildman–Crippen MR) is 216 cm³/mol. The Hall–Kier alpha value is -6.38. The molecule has 1 aliphatic carbocycles. The molecule has 8 aromatic carbocycles. The van der Waals surface area contributed by atoms with Crippen LogP contribution in [0.15, 0.2) is 182 Å². The lowest BCUT2D eigenvalue weighted by molar-refractivity contribution is 0.660. The third-order valence-corrected chi connectivity index (χ3v) is 11.0. The average molecular weight is 653 g/mol. The van der Waals surface area contributed by atoms with Gasteiger partial charge in [-0.25, -0.2) is 0 Å². The van der Waals surface area contributed by atoms with Gasteiger partial charge < -0.3 is 9.47 Å². The Bertz CT molecular complexity index is 2750. The van der Waals surface area contributed by atoms with Crippen LogP contribution in [0.4, 0.5) is 17.1 Å². The molecule has 1 aromatic heterocycles. The molecule has 0 aliphatic heterocycles. The first-order valence-electron chi connectivity index (χ1n) is 17.8. The van der Waals surface area contributed by atoms with Crippen LogP contribution >= 0.6 is 0 Å². The van der Waals surface area contributed by atoms with E-state index in [1.165, 1.54) is 77.3 Å². The van der Waals surface area contributed by atoms with E-state index >= 15 is 0 Å². The molecule has 0 fully saturated rings. The topological polar surface area (TPSA) is 8.17 Å². The van der Waals surface area contributed by atoms with Crippen molar-refractivity contribution in [2.75, 3.05) is 4.90 Å². The maximum absolute atomic E-state index is 2.42. The van der Waals surface area contributed by atoms with Gasteiger partial charge in [-0.15, -0.1) is 0 Å². The number of anilines is 3. The maximum Gasteiger partial charge on any atom is 0.0547 e. The van der Waals surface area contributed by atoms with Gasteiger partial charge in [0, 0.05) is 38.8 Å². The smallest absolute Gasteiger partial charge is 0.0547 e. The molecule has 51 heavy (non-hydrogen) atoms. The summed E-state index contributed by atoms with van der Waals surface area (Å²) >= 11 is 0. The molecule has 0 N–H and O–H groups in total. The first kappa shape index (κ1) is 29.5. The number of benzene rings is 8. The molecular weight excluding hydrogens is 617 g/mol. The first-order valence-corrected chi connectivity index (χ1v) is 17.8. The van der Waals surface area contributed by atoms with Crippen LogP contribution in [0.25, 0.3) is 60.5 Å². The minimum atomic E-state index is -0.0677. The van der Waals surface area contributed by atoms with E-state index in [9.17, 15) is 0 Å². The molecule has 0 amide bonds. The van der Waals surface area contributed by atoms with Crippen molar-refractivity contribution in [1.82, 2.24) is 4.57 Å². The Morgan fingerprint density at radius 1 is 0.471 bits per heavy atom. The molecule has 10 rings (SSSR count). The summed E-state index contributed by atoms with van der Waals surface area (Å²) in [7, 11) is 0. The van der Waals surface area contributed by atoms with Gasteiger partial charge in [0.2, 0.25) is 0 Å². The highest BCUT2D eigenvalue weighted by atomic mass is 15.1. The van der Waals surface area contributed by atoms with Crippen molar-refractivity contribution >= 4 is 49.6 Å². The number of fused-ring (bicyclic) bond motifs is 8. The minimum absolute atomic E-state index is 0.0677. The Morgan fingerprint density at radius 2 is 1.12 bits per heavy atom. The molecular formula is C49H36N2. The van der Waals surface area contributed by atoms with Gasteiger partial charge in [0.05, 0.1) is 16.7 Å². The van der Waals surface area contributed by atoms with Crippen LogP contribution in [-0.4, -0.2) is 4.57 Å². The van der Waals surface area contributed by atoms with E-state index in [2.05, 4.69) is 205 Å². The summed E-state index contributed by atoms with van der Waals surface area (Å²) in [5.74, 6) is 0. The summed E-state index contributed by atoms with van der Waals surface area (Å²) in [6, 6.07) is 66.5. The monoisotopic (exact) mass is 652 g/mol. The van der Waals surface area contributed by atoms with E-state index in [-0.39, 0.29) is 5.41 Å². The van der Waals surface area contributed by atoms with Crippen molar-refractivity contribution in [3.8, 4) is 27.9 Å². The number of hydrogen-bond donors (Lipinski definition) is 0. The van der Waals surface area contributed by atoms with E-state index in [1.807, 2.05) is 0 Å². The maximum atomic E-state index is 2.42. The highest BCUT2D eigenvalue weighted by molar-refractivity contribution is 6.21. The molecule has 0 spiro atoms. The molecule has 2 nitrogen and oxygen atoms in total. The summed E-state index contributed by atoms with van der Waals surface area (Å²) in [4.78, 5) is 2.42. The lowest BCUT2D eigenvalue weighted by atomic mass is 9.82. The van der Waals surface area contributed by atoms with Gasteiger partial charge in [-0.3, -0.25) is 0 Å². The molecule has 0 radical (unpaired) electrons. The molecule has 1 aliphatic rings. The molecule has 2 heteroatoms. The minimum Gasteiger partial charge on any atom is -0.310 e. The van der Waals surface area contributed by atoms with Crippen molar-refractivity contribution in [1.29, 1.82) is 0 Å². The number of rotatable bonds is 5. The zero-order valence-electron chi connectivity index (χ0n) is 28.7. The van der Waals surface area contributed by atoms with Gasteiger partial charge in [0.15, 0.2) is 0 Å². The molecule has 9 aromatic rings. The Balaban J connectivity index is 1.13. The number of nitrogens with zero attached hydrogens (tertiary/aromatic N) is 2. The van der Waals surface area contributed by atoms with Crippen LogP contribution in [0.3, 0.4) is 0 Å². The quantitative estimate of drug-likeness (QED) is 0.180. The van der Waals surface area contributed by atoms with Crippen molar-refractivity contribution in [3.63, 3.8) is 0 Å². The van der Waals surface area contributed by atoms with Gasteiger partial charge >= 0.3 is 0 Å². The summed E-state index contributed by atoms with van der Waals surface area (Å²) in [5, 5.41) is 5.09. The number of aromatic nitrogens is 1. The largest absolute Gasteiger partial charge is 0.310 e. The van der Waals surface area contributed by atoms with E-state index in [0.717, 1.165) is 11.4 Å². The Labute approximate surface area is 298 Å².